The maximum absolute atomic E-state index is 13.0. The van der Waals surface area contributed by atoms with E-state index >= 15 is 0 Å². The molecule has 0 saturated heterocycles. The Bertz CT molecular complexity index is 442. The number of carbonyl (C=O) groups is 1. The molecule has 98 valence electrons. The summed E-state index contributed by atoms with van der Waals surface area (Å²) in [4.78, 5) is 11.0. The predicted octanol–water partition coefficient (Wildman–Crippen LogP) is 3.77. The van der Waals surface area contributed by atoms with E-state index in [2.05, 4.69) is 21.2 Å². The summed E-state index contributed by atoms with van der Waals surface area (Å²) in [6.07, 6.45) is 2.92. The lowest BCUT2D eigenvalue weighted by molar-refractivity contribution is -0.137. The van der Waals surface area contributed by atoms with E-state index in [4.69, 9.17) is 16.3 Å². The van der Waals surface area contributed by atoms with Gasteiger partial charge in [-0.1, -0.05) is 17.7 Å². The second kappa shape index (κ2) is 7.38. The van der Waals surface area contributed by atoms with Crippen molar-refractivity contribution in [2.75, 3.05) is 18.5 Å². The van der Waals surface area contributed by atoms with E-state index < -0.39 is 11.8 Å². The van der Waals surface area contributed by atoms with Crippen LogP contribution in [0.2, 0.25) is 5.02 Å². The molecule has 1 N–H and O–H groups in total. The van der Waals surface area contributed by atoms with Crippen LogP contribution in [0.25, 0.3) is 0 Å². The average Bonchev–Trinajstić information content (AvgIpc) is 2.27. The second-order valence-electron chi connectivity index (χ2n) is 3.28. The van der Waals surface area contributed by atoms with Crippen LogP contribution < -0.4 is 5.32 Å². The quantitative estimate of drug-likeness (QED) is 0.657. The van der Waals surface area contributed by atoms with Crippen molar-refractivity contribution in [2.24, 2.45) is 0 Å². The van der Waals surface area contributed by atoms with Gasteiger partial charge in [-0.15, -0.1) is 0 Å². The Hall–Kier alpha value is -1.07. The van der Waals surface area contributed by atoms with E-state index in [1.165, 1.54) is 18.2 Å². The van der Waals surface area contributed by atoms with Crippen molar-refractivity contribution < 1.29 is 13.9 Å². The second-order valence-corrected chi connectivity index (χ2v) is 4.54. The summed E-state index contributed by atoms with van der Waals surface area (Å²) in [6, 6.07) is 2.52. The Morgan fingerprint density at radius 3 is 2.94 bits per heavy atom. The molecule has 0 aliphatic heterocycles. The van der Waals surface area contributed by atoms with Gasteiger partial charge < -0.3 is 10.1 Å². The SMILES string of the molecule is CCOC(=O)/C=C/CNc1c(Cl)cc(F)cc1Br. The smallest absolute Gasteiger partial charge is 0.330 e. The first-order chi connectivity index (χ1) is 8.54. The van der Waals surface area contributed by atoms with Crippen LogP contribution in [0.1, 0.15) is 6.92 Å². The summed E-state index contributed by atoms with van der Waals surface area (Å²) >= 11 is 9.08. The van der Waals surface area contributed by atoms with E-state index in [9.17, 15) is 9.18 Å². The number of anilines is 1. The van der Waals surface area contributed by atoms with Crippen molar-refractivity contribution in [1.29, 1.82) is 0 Å². The molecule has 3 nitrogen and oxygen atoms in total. The molecule has 0 radical (unpaired) electrons. The first kappa shape index (κ1) is 15.0. The molecule has 0 amide bonds. The predicted molar refractivity (Wildman–Crippen MR) is 73.4 cm³/mol. The fourth-order valence-electron chi connectivity index (χ4n) is 1.22. The van der Waals surface area contributed by atoms with Crippen LogP contribution in [0.3, 0.4) is 0 Å². The largest absolute Gasteiger partial charge is 0.463 e. The molecule has 0 aromatic heterocycles. The van der Waals surface area contributed by atoms with Gasteiger partial charge in [0.25, 0.3) is 0 Å². The lowest BCUT2D eigenvalue weighted by Gasteiger charge is -2.08. The van der Waals surface area contributed by atoms with Crippen LogP contribution in [-0.4, -0.2) is 19.1 Å². The highest BCUT2D eigenvalue weighted by atomic mass is 79.9. The monoisotopic (exact) mass is 335 g/mol. The Kier molecular flexibility index (Phi) is 6.15. The van der Waals surface area contributed by atoms with Gasteiger partial charge in [0.2, 0.25) is 0 Å². The Labute approximate surface area is 118 Å². The number of nitrogens with one attached hydrogen (secondary N) is 1. The molecule has 0 heterocycles. The fraction of sp³-hybridized carbons (Fsp3) is 0.250. The number of halogens is 3. The van der Waals surface area contributed by atoms with Crippen LogP contribution in [0, 0.1) is 5.82 Å². The van der Waals surface area contributed by atoms with E-state index in [0.717, 1.165) is 0 Å². The molecule has 0 spiro atoms. The molecular formula is C12H12BrClFNO2. The van der Waals surface area contributed by atoms with Gasteiger partial charge in [-0.05, 0) is 35.0 Å². The van der Waals surface area contributed by atoms with Gasteiger partial charge >= 0.3 is 5.97 Å². The van der Waals surface area contributed by atoms with E-state index in [-0.39, 0.29) is 5.02 Å². The van der Waals surface area contributed by atoms with Crippen molar-refractivity contribution in [3.8, 4) is 0 Å². The third-order valence-corrected chi connectivity index (χ3v) is 2.87. The number of hydrogen-bond donors (Lipinski definition) is 1. The summed E-state index contributed by atoms with van der Waals surface area (Å²) in [5.41, 5.74) is 0.576. The molecule has 0 bridgehead atoms. The van der Waals surface area contributed by atoms with Crippen LogP contribution in [0.15, 0.2) is 28.8 Å². The molecule has 0 aliphatic carbocycles. The van der Waals surface area contributed by atoms with Gasteiger partial charge in [-0.2, -0.15) is 0 Å². The Balaban J connectivity index is 2.57. The number of benzene rings is 1. The first-order valence-corrected chi connectivity index (χ1v) is 6.43. The van der Waals surface area contributed by atoms with Crippen molar-refractivity contribution in [2.45, 2.75) is 6.92 Å². The summed E-state index contributed by atoms with van der Waals surface area (Å²) in [7, 11) is 0. The first-order valence-electron chi connectivity index (χ1n) is 5.26. The Morgan fingerprint density at radius 1 is 1.61 bits per heavy atom. The normalized spacial score (nSPS) is 10.7. The maximum atomic E-state index is 13.0. The van der Waals surface area contributed by atoms with Gasteiger partial charge in [-0.25, -0.2) is 9.18 Å². The summed E-state index contributed by atoms with van der Waals surface area (Å²) in [6.45, 7) is 2.45. The Morgan fingerprint density at radius 2 is 2.33 bits per heavy atom. The molecule has 1 rings (SSSR count). The molecule has 0 unspecified atom stereocenters. The highest BCUT2D eigenvalue weighted by Crippen LogP contribution is 2.31. The lowest BCUT2D eigenvalue weighted by atomic mass is 10.3. The number of carbonyl (C=O) groups excluding carboxylic acids is 1. The van der Waals surface area contributed by atoms with E-state index in [0.29, 0.717) is 23.3 Å². The minimum Gasteiger partial charge on any atom is -0.463 e. The summed E-state index contributed by atoms with van der Waals surface area (Å²) in [5.74, 6) is -0.817. The third-order valence-electron chi connectivity index (χ3n) is 1.94. The molecule has 1 aromatic carbocycles. The van der Waals surface area contributed by atoms with Gasteiger partial charge in [0.05, 0.1) is 17.3 Å². The van der Waals surface area contributed by atoms with E-state index in [1.54, 1.807) is 13.0 Å². The fourth-order valence-corrected chi connectivity index (χ4v) is 2.18. The van der Waals surface area contributed by atoms with Crippen LogP contribution in [0.4, 0.5) is 10.1 Å². The zero-order chi connectivity index (χ0) is 13.5. The molecular weight excluding hydrogens is 324 g/mol. The summed E-state index contributed by atoms with van der Waals surface area (Å²) < 4.78 is 18.2. The van der Waals surface area contributed by atoms with E-state index in [1.807, 2.05) is 0 Å². The zero-order valence-electron chi connectivity index (χ0n) is 9.67. The number of rotatable bonds is 5. The van der Waals surface area contributed by atoms with Crippen molar-refractivity contribution in [3.63, 3.8) is 0 Å². The number of hydrogen-bond acceptors (Lipinski definition) is 3. The summed E-state index contributed by atoms with van der Waals surface area (Å²) in [5, 5.41) is 3.24. The van der Waals surface area contributed by atoms with Crippen LogP contribution in [0.5, 0.6) is 0 Å². The third kappa shape index (κ3) is 4.66. The molecule has 0 fully saturated rings. The highest BCUT2D eigenvalue weighted by molar-refractivity contribution is 9.10. The van der Waals surface area contributed by atoms with Crippen LogP contribution >= 0.6 is 27.5 Å². The van der Waals surface area contributed by atoms with Crippen molar-refractivity contribution >= 4 is 39.2 Å². The minimum atomic E-state index is -0.417. The number of ether oxygens (including phenoxy) is 1. The zero-order valence-corrected chi connectivity index (χ0v) is 12.0. The standard InChI is InChI=1S/C12H12BrClFNO2/c1-2-18-11(17)4-3-5-16-12-9(13)6-8(15)7-10(12)14/h3-4,6-7,16H,2,5H2,1H3/b4-3+. The van der Waals surface area contributed by atoms with Gasteiger partial charge in [0, 0.05) is 17.1 Å². The molecule has 0 aliphatic rings. The molecule has 0 saturated carbocycles. The van der Waals surface area contributed by atoms with Crippen molar-refractivity contribution in [1.82, 2.24) is 0 Å². The molecule has 6 heteroatoms. The van der Waals surface area contributed by atoms with Crippen molar-refractivity contribution in [3.05, 3.63) is 39.6 Å². The number of esters is 1. The maximum Gasteiger partial charge on any atom is 0.330 e. The van der Waals surface area contributed by atoms with Gasteiger partial charge in [0.15, 0.2) is 0 Å². The highest BCUT2D eigenvalue weighted by Gasteiger charge is 2.06. The molecule has 0 atom stereocenters. The molecule has 18 heavy (non-hydrogen) atoms. The van der Waals surface area contributed by atoms with Gasteiger partial charge in [-0.3, -0.25) is 0 Å². The average molecular weight is 337 g/mol. The minimum absolute atomic E-state index is 0.270. The molecule has 1 aromatic rings. The van der Waals surface area contributed by atoms with Gasteiger partial charge in [0.1, 0.15) is 5.82 Å². The topological polar surface area (TPSA) is 38.3 Å². The van der Waals surface area contributed by atoms with Crippen LogP contribution in [-0.2, 0) is 9.53 Å². The lowest BCUT2D eigenvalue weighted by Crippen LogP contribution is -2.03.